The van der Waals surface area contributed by atoms with Crippen LogP contribution >= 0.6 is 0 Å². The zero-order valence-electron chi connectivity index (χ0n) is 38.5. The summed E-state index contributed by atoms with van der Waals surface area (Å²) in [4.78, 5) is 16.4. The van der Waals surface area contributed by atoms with Crippen molar-refractivity contribution in [3.8, 4) is 101 Å². The second-order valence-electron chi connectivity index (χ2n) is 17.5. The summed E-state index contributed by atoms with van der Waals surface area (Å²) in [7, 11) is 0. The van der Waals surface area contributed by atoms with Crippen molar-refractivity contribution in [1.29, 1.82) is 0 Å². The highest BCUT2D eigenvalue weighted by molar-refractivity contribution is 5.96. The lowest BCUT2D eigenvalue weighted by Gasteiger charge is -2.30. The monoisotopic (exact) mass is 881 g/mol. The maximum Gasteiger partial charge on any atom is 0.164 e. The molecule has 3 nitrogen and oxygen atoms in total. The van der Waals surface area contributed by atoms with Gasteiger partial charge >= 0.3 is 0 Å². The van der Waals surface area contributed by atoms with Crippen LogP contribution in [0, 0.1) is 0 Å². The molecule has 0 radical (unpaired) electrons. The molecule has 0 saturated heterocycles. The normalized spacial score (nSPS) is 12.3. The average molecular weight is 882 g/mol. The Kier molecular flexibility index (Phi) is 10.5. The first-order valence-corrected chi connectivity index (χ1v) is 23.9. The Labute approximate surface area is 404 Å². The average Bonchev–Trinajstić information content (AvgIpc) is 3.91. The minimum absolute atomic E-state index is 0.503. The highest BCUT2D eigenvalue weighted by Gasteiger charge is 2.51. The number of hydrogen-bond donors (Lipinski definition) is 0. The molecule has 11 aromatic rings. The lowest BCUT2D eigenvalue weighted by Crippen LogP contribution is -2.25. The Balaban J connectivity index is 0.00000243. The maximum atomic E-state index is 5.49. The lowest BCUT2D eigenvalue weighted by atomic mass is 9.70. The Morgan fingerprint density at radius 2 is 0.493 bits per heavy atom. The molecule has 326 valence electrons. The van der Waals surface area contributed by atoms with Crippen LogP contribution in [0.5, 0.6) is 0 Å². The van der Waals surface area contributed by atoms with Crippen LogP contribution in [0.2, 0.25) is 0 Å². The molecule has 0 bridgehead atoms. The summed E-state index contributed by atoms with van der Waals surface area (Å²) < 4.78 is 0. The fourth-order valence-corrected chi connectivity index (χ4v) is 10.7. The van der Waals surface area contributed by atoms with Crippen molar-refractivity contribution in [3.05, 3.63) is 271 Å². The molecule has 13 rings (SSSR count). The quantitative estimate of drug-likeness (QED) is 0.160. The van der Waals surface area contributed by atoms with Crippen LogP contribution in [0.3, 0.4) is 0 Å². The molecule has 0 atom stereocenters. The number of hydrogen-bond acceptors (Lipinski definition) is 3. The number of rotatable bonds is 7. The molecule has 1 heterocycles. The van der Waals surface area contributed by atoms with Gasteiger partial charge < -0.3 is 0 Å². The molecule has 1 aromatic heterocycles. The molecule has 10 aromatic carbocycles. The fraction of sp³-hybridized carbons (Fsp3) is 0.0455. The summed E-state index contributed by atoms with van der Waals surface area (Å²) >= 11 is 0. The molecule has 0 saturated carbocycles. The third kappa shape index (κ3) is 7.10. The van der Waals surface area contributed by atoms with Crippen molar-refractivity contribution >= 4 is 0 Å². The van der Waals surface area contributed by atoms with E-state index < -0.39 is 5.41 Å². The molecule has 0 N–H and O–H groups in total. The maximum absolute atomic E-state index is 5.49. The summed E-state index contributed by atoms with van der Waals surface area (Å²) in [5.74, 6) is 1.83. The molecule has 0 aliphatic heterocycles. The minimum atomic E-state index is -0.503. The zero-order chi connectivity index (χ0) is 46.3. The van der Waals surface area contributed by atoms with Gasteiger partial charge in [-0.1, -0.05) is 220 Å². The first-order valence-electron chi connectivity index (χ1n) is 23.9. The van der Waals surface area contributed by atoms with E-state index in [0.29, 0.717) is 17.5 Å². The van der Waals surface area contributed by atoms with Crippen LogP contribution in [0.1, 0.15) is 36.1 Å². The van der Waals surface area contributed by atoms with E-state index in [1.54, 1.807) is 0 Å². The Morgan fingerprint density at radius 3 is 0.841 bits per heavy atom. The van der Waals surface area contributed by atoms with Crippen molar-refractivity contribution < 1.29 is 0 Å². The van der Waals surface area contributed by atoms with Gasteiger partial charge in [-0.15, -0.1) is 0 Å². The largest absolute Gasteiger partial charge is 0.208 e. The highest BCUT2D eigenvalue weighted by atomic mass is 15.0. The van der Waals surface area contributed by atoms with Gasteiger partial charge in [0.1, 0.15) is 0 Å². The third-order valence-corrected chi connectivity index (χ3v) is 13.7. The molecule has 2 aliphatic rings. The van der Waals surface area contributed by atoms with E-state index in [2.05, 4.69) is 249 Å². The van der Waals surface area contributed by atoms with Gasteiger partial charge in [-0.05, 0) is 131 Å². The van der Waals surface area contributed by atoms with Crippen LogP contribution in [0.4, 0.5) is 0 Å². The molecule has 2 aliphatic carbocycles. The van der Waals surface area contributed by atoms with E-state index in [1.807, 2.05) is 13.8 Å². The van der Waals surface area contributed by atoms with Gasteiger partial charge in [0, 0.05) is 16.7 Å². The van der Waals surface area contributed by atoms with Crippen LogP contribution in [0.15, 0.2) is 249 Å². The zero-order valence-corrected chi connectivity index (χ0v) is 38.5. The van der Waals surface area contributed by atoms with E-state index in [0.717, 1.165) is 61.2 Å². The van der Waals surface area contributed by atoms with Crippen molar-refractivity contribution in [2.45, 2.75) is 19.3 Å². The van der Waals surface area contributed by atoms with E-state index in [4.69, 9.17) is 15.0 Å². The van der Waals surface area contributed by atoms with Gasteiger partial charge in [0.2, 0.25) is 0 Å². The highest BCUT2D eigenvalue weighted by Crippen LogP contribution is 2.63. The minimum Gasteiger partial charge on any atom is -0.208 e. The molecule has 69 heavy (non-hydrogen) atoms. The predicted octanol–water partition coefficient (Wildman–Crippen LogP) is 16.9. The molecule has 3 heteroatoms. The summed E-state index contributed by atoms with van der Waals surface area (Å²) in [6.07, 6.45) is 0. The second-order valence-corrected chi connectivity index (χ2v) is 17.5. The van der Waals surface area contributed by atoms with Crippen molar-refractivity contribution in [1.82, 2.24) is 15.0 Å². The van der Waals surface area contributed by atoms with Crippen LogP contribution < -0.4 is 0 Å². The van der Waals surface area contributed by atoms with Gasteiger partial charge in [0.25, 0.3) is 0 Å². The second kappa shape index (κ2) is 17.5. The van der Waals surface area contributed by atoms with Crippen LogP contribution in [-0.4, -0.2) is 15.0 Å². The summed E-state index contributed by atoms with van der Waals surface area (Å²) in [6, 6.07) is 89.4. The van der Waals surface area contributed by atoms with E-state index in [1.165, 1.54) is 44.5 Å². The molecule has 1 spiro atoms. The van der Waals surface area contributed by atoms with Gasteiger partial charge in [0.15, 0.2) is 17.5 Å². The van der Waals surface area contributed by atoms with Gasteiger partial charge in [-0.2, -0.15) is 0 Å². The number of fused-ring (bicyclic) bond motifs is 10. The summed E-state index contributed by atoms with van der Waals surface area (Å²) in [6.45, 7) is 4.00. The number of benzene rings is 10. The standard InChI is InChI=1S/C64H41N3.C2H6/c1-5-19-42(20-6-1)47-35-48(43-21-7-2-8-22-43)38-51(37-47)62-65-61(66-63(67-62)52-39-49(44-23-9-3-10-24-44)36-50(40-52)45-25-11-4-12-26-45)46-33-34-56-55-29-15-18-32-59(55)64(60(56)41-46)57-30-16-13-27-53(57)54-28-14-17-31-58(54)64;1-2/h1-41H;1-2H3. The SMILES string of the molecule is CC.c1ccc(-c2cc(-c3ccccc3)cc(-c3nc(-c4cc(-c5ccccc5)cc(-c5ccccc5)c4)nc(-c4ccc5c(c4)C4(c6ccccc6-c6ccccc64)c4ccccc4-5)n3)c2)cc1. The number of nitrogens with zero attached hydrogens (tertiary/aromatic N) is 3. The van der Waals surface area contributed by atoms with Crippen LogP contribution in [-0.2, 0) is 5.41 Å². The topological polar surface area (TPSA) is 38.7 Å². The van der Waals surface area contributed by atoms with Gasteiger partial charge in [-0.25, -0.2) is 15.0 Å². The smallest absolute Gasteiger partial charge is 0.164 e. The lowest BCUT2D eigenvalue weighted by molar-refractivity contribution is 0.794. The molecular weight excluding hydrogens is 835 g/mol. The predicted molar refractivity (Wildman–Crippen MR) is 286 cm³/mol. The van der Waals surface area contributed by atoms with Gasteiger partial charge in [-0.3, -0.25) is 0 Å². The van der Waals surface area contributed by atoms with Crippen molar-refractivity contribution in [2.24, 2.45) is 0 Å². The first-order chi connectivity index (χ1) is 34.2. The molecular formula is C66H47N3. The Hall–Kier alpha value is -8.79. The first kappa shape index (κ1) is 41.6. The third-order valence-electron chi connectivity index (χ3n) is 13.7. The number of aromatic nitrogens is 3. The van der Waals surface area contributed by atoms with E-state index in [9.17, 15) is 0 Å². The van der Waals surface area contributed by atoms with E-state index in [-0.39, 0.29) is 0 Å². The van der Waals surface area contributed by atoms with Gasteiger partial charge in [0.05, 0.1) is 5.41 Å². The Morgan fingerprint density at radius 1 is 0.217 bits per heavy atom. The summed E-state index contributed by atoms with van der Waals surface area (Å²) in [5, 5.41) is 0. The summed E-state index contributed by atoms with van der Waals surface area (Å²) in [5.41, 5.74) is 21.3. The van der Waals surface area contributed by atoms with Crippen molar-refractivity contribution in [2.75, 3.05) is 0 Å². The molecule has 0 amide bonds. The molecule has 0 fully saturated rings. The fourth-order valence-electron chi connectivity index (χ4n) is 10.7. The van der Waals surface area contributed by atoms with Crippen molar-refractivity contribution in [3.63, 3.8) is 0 Å². The van der Waals surface area contributed by atoms with Crippen LogP contribution in [0.25, 0.3) is 101 Å². The Bertz CT molecular complexity index is 3350. The van der Waals surface area contributed by atoms with E-state index >= 15 is 0 Å². The molecule has 0 unspecified atom stereocenters.